The topological polar surface area (TPSA) is 66.8 Å². The summed E-state index contributed by atoms with van der Waals surface area (Å²) in [6, 6.07) is 7.47. The number of imide groups is 1. The summed E-state index contributed by atoms with van der Waals surface area (Å²) >= 11 is 0.983. The van der Waals surface area contributed by atoms with E-state index in [-0.39, 0.29) is 24.3 Å². The summed E-state index contributed by atoms with van der Waals surface area (Å²) in [6.07, 6.45) is -0.910. The fraction of sp³-hybridized carbons (Fsp3) is 0.467. The van der Waals surface area contributed by atoms with E-state index in [0.29, 0.717) is 5.75 Å². The van der Waals surface area contributed by atoms with Crippen molar-refractivity contribution in [1.29, 1.82) is 0 Å². The van der Waals surface area contributed by atoms with Crippen molar-refractivity contribution in [3.63, 3.8) is 0 Å². The number of aryl methyl sites for hydroxylation is 1. The number of carbonyl (C=O) groups is 2. The number of hydrogen-bond acceptors (Lipinski definition) is 5. The molecule has 1 aromatic rings. The van der Waals surface area contributed by atoms with Crippen molar-refractivity contribution in [2.75, 3.05) is 13.2 Å². The highest BCUT2D eigenvalue weighted by molar-refractivity contribution is 8.16. The van der Waals surface area contributed by atoms with Crippen LogP contribution in [-0.2, 0) is 4.79 Å². The van der Waals surface area contributed by atoms with Crippen LogP contribution in [0.4, 0.5) is 4.79 Å². The number of amides is 2. The molecule has 5 nitrogen and oxygen atoms in total. The van der Waals surface area contributed by atoms with E-state index < -0.39 is 10.9 Å². The van der Waals surface area contributed by atoms with Gasteiger partial charge in [0.25, 0.3) is 5.24 Å². The second kappa shape index (κ2) is 6.07. The van der Waals surface area contributed by atoms with Gasteiger partial charge in [-0.2, -0.15) is 0 Å². The molecule has 0 saturated carbocycles. The van der Waals surface area contributed by atoms with Crippen molar-refractivity contribution in [3.05, 3.63) is 29.8 Å². The average Bonchev–Trinajstić information content (AvgIpc) is 2.60. The Hall–Kier alpha value is -1.53. The predicted molar refractivity (Wildman–Crippen MR) is 81.5 cm³/mol. The maximum Gasteiger partial charge on any atom is 0.289 e. The van der Waals surface area contributed by atoms with E-state index in [1.54, 1.807) is 13.8 Å². The molecule has 1 N–H and O–H groups in total. The number of ether oxygens (including phenoxy) is 1. The fourth-order valence-corrected chi connectivity index (χ4v) is 2.95. The lowest BCUT2D eigenvalue weighted by Gasteiger charge is -2.20. The Labute approximate surface area is 128 Å². The van der Waals surface area contributed by atoms with E-state index in [2.05, 4.69) is 0 Å². The van der Waals surface area contributed by atoms with Crippen LogP contribution in [0.25, 0.3) is 0 Å². The van der Waals surface area contributed by atoms with E-state index in [1.807, 2.05) is 31.2 Å². The lowest BCUT2D eigenvalue weighted by molar-refractivity contribution is -0.130. The number of aliphatic hydroxyl groups excluding tert-OH is 1. The number of rotatable bonds is 5. The minimum absolute atomic E-state index is 0.0347. The van der Waals surface area contributed by atoms with Crippen LogP contribution >= 0.6 is 11.8 Å². The first-order valence-electron chi connectivity index (χ1n) is 6.72. The fourth-order valence-electron chi connectivity index (χ4n) is 2.05. The number of para-hydroxylation sites is 1. The Kier molecular flexibility index (Phi) is 4.58. The molecule has 2 amide bonds. The number of nitrogens with zero attached hydrogens (tertiary/aromatic N) is 1. The van der Waals surface area contributed by atoms with Gasteiger partial charge in [-0.05, 0) is 44.2 Å². The predicted octanol–water partition coefficient (Wildman–Crippen LogP) is 2.21. The second-order valence-electron chi connectivity index (χ2n) is 5.52. The Bertz CT molecular complexity index is 558. The first-order valence-corrected chi connectivity index (χ1v) is 7.54. The molecule has 1 aliphatic heterocycles. The molecule has 0 bridgehead atoms. The summed E-state index contributed by atoms with van der Waals surface area (Å²) in [5, 5.41) is 9.67. The van der Waals surface area contributed by atoms with Crippen LogP contribution in [0.15, 0.2) is 24.3 Å². The molecule has 6 heteroatoms. The third-order valence-electron chi connectivity index (χ3n) is 3.24. The summed E-state index contributed by atoms with van der Waals surface area (Å²) in [5.41, 5.74) is 0.967. The Balaban J connectivity index is 1.91. The van der Waals surface area contributed by atoms with Gasteiger partial charge in [-0.3, -0.25) is 14.5 Å². The molecule has 1 saturated heterocycles. The van der Waals surface area contributed by atoms with Crippen LogP contribution in [-0.4, -0.2) is 45.2 Å². The van der Waals surface area contributed by atoms with Gasteiger partial charge < -0.3 is 9.84 Å². The van der Waals surface area contributed by atoms with E-state index >= 15 is 0 Å². The molecule has 0 radical (unpaired) electrons. The summed E-state index contributed by atoms with van der Waals surface area (Å²) in [4.78, 5) is 24.9. The van der Waals surface area contributed by atoms with Gasteiger partial charge >= 0.3 is 0 Å². The number of aliphatic hydroxyl groups is 1. The minimum Gasteiger partial charge on any atom is -0.491 e. The lowest BCUT2D eigenvalue weighted by Crippen LogP contribution is -2.41. The molecule has 0 aliphatic carbocycles. The molecule has 1 heterocycles. The van der Waals surface area contributed by atoms with Crippen molar-refractivity contribution >= 4 is 22.9 Å². The number of benzene rings is 1. The number of β-amino-alcohol motifs (C(OH)–C–C–N with tert-alkyl or cyclic N) is 1. The number of carbonyl (C=O) groups excluding carboxylic acids is 2. The standard InChI is InChI=1S/C15H19NO4S/c1-10-6-4-5-7-12(10)20-9-11(17)8-16-13(18)15(2,3)21-14(16)19/h4-7,11,17H,8-9H2,1-3H3/t11-/m1/s1. The summed E-state index contributed by atoms with van der Waals surface area (Å²) in [6.45, 7) is 5.31. The Morgan fingerprint density at radius 1 is 1.33 bits per heavy atom. The monoisotopic (exact) mass is 309 g/mol. The van der Waals surface area contributed by atoms with E-state index in [4.69, 9.17) is 4.74 Å². The minimum atomic E-state index is -0.910. The zero-order valence-corrected chi connectivity index (χ0v) is 13.1. The Morgan fingerprint density at radius 2 is 2.00 bits per heavy atom. The van der Waals surface area contributed by atoms with Crippen molar-refractivity contribution in [2.45, 2.75) is 31.6 Å². The molecule has 2 rings (SSSR count). The largest absolute Gasteiger partial charge is 0.491 e. The van der Waals surface area contributed by atoms with Gasteiger partial charge in [0.1, 0.15) is 18.5 Å². The zero-order chi connectivity index (χ0) is 15.6. The lowest BCUT2D eigenvalue weighted by atomic mass is 10.2. The van der Waals surface area contributed by atoms with Gasteiger partial charge in [0, 0.05) is 0 Å². The van der Waals surface area contributed by atoms with E-state index in [1.165, 1.54) is 0 Å². The molecule has 0 unspecified atom stereocenters. The summed E-state index contributed by atoms with van der Waals surface area (Å²) < 4.78 is 4.77. The van der Waals surface area contributed by atoms with Gasteiger partial charge in [-0.15, -0.1) is 0 Å². The van der Waals surface area contributed by atoms with Crippen LogP contribution in [0.2, 0.25) is 0 Å². The number of thioether (sulfide) groups is 1. The summed E-state index contributed by atoms with van der Waals surface area (Å²) in [7, 11) is 0. The molecule has 0 spiro atoms. The SMILES string of the molecule is Cc1ccccc1OC[C@H](O)CN1C(=O)SC(C)(C)C1=O. The van der Waals surface area contributed by atoms with Crippen LogP contribution < -0.4 is 4.74 Å². The molecular formula is C15H19NO4S. The molecular weight excluding hydrogens is 290 g/mol. The van der Waals surface area contributed by atoms with Gasteiger partial charge in [-0.1, -0.05) is 18.2 Å². The highest BCUT2D eigenvalue weighted by atomic mass is 32.2. The second-order valence-corrected chi connectivity index (χ2v) is 7.10. The van der Waals surface area contributed by atoms with Crippen molar-refractivity contribution in [2.24, 2.45) is 0 Å². The van der Waals surface area contributed by atoms with Crippen molar-refractivity contribution in [3.8, 4) is 5.75 Å². The first-order chi connectivity index (χ1) is 9.81. The molecule has 114 valence electrons. The summed E-state index contributed by atoms with van der Waals surface area (Å²) in [5.74, 6) is 0.415. The smallest absolute Gasteiger partial charge is 0.289 e. The molecule has 1 fully saturated rings. The quantitative estimate of drug-likeness (QED) is 0.903. The van der Waals surface area contributed by atoms with Gasteiger partial charge in [-0.25, -0.2) is 0 Å². The molecule has 1 atom stereocenters. The molecule has 1 aliphatic rings. The maximum absolute atomic E-state index is 12.0. The average molecular weight is 309 g/mol. The van der Waals surface area contributed by atoms with Crippen LogP contribution in [0.1, 0.15) is 19.4 Å². The van der Waals surface area contributed by atoms with Crippen molar-refractivity contribution < 1.29 is 19.4 Å². The molecule has 1 aromatic carbocycles. The van der Waals surface area contributed by atoms with Crippen LogP contribution in [0.5, 0.6) is 5.75 Å². The van der Waals surface area contributed by atoms with Gasteiger partial charge in [0.2, 0.25) is 5.91 Å². The Morgan fingerprint density at radius 3 is 2.57 bits per heavy atom. The van der Waals surface area contributed by atoms with Crippen LogP contribution in [0, 0.1) is 6.92 Å². The third-order valence-corrected chi connectivity index (χ3v) is 4.32. The van der Waals surface area contributed by atoms with Crippen molar-refractivity contribution in [1.82, 2.24) is 4.90 Å². The molecule has 21 heavy (non-hydrogen) atoms. The van der Waals surface area contributed by atoms with Gasteiger partial charge in [0.05, 0.1) is 11.3 Å². The highest BCUT2D eigenvalue weighted by Crippen LogP contribution is 2.36. The highest BCUT2D eigenvalue weighted by Gasteiger charge is 2.46. The maximum atomic E-state index is 12.0. The normalized spacial score (nSPS) is 19.0. The third kappa shape index (κ3) is 3.57. The first kappa shape index (κ1) is 15.9. The van der Waals surface area contributed by atoms with E-state index in [0.717, 1.165) is 22.2 Å². The van der Waals surface area contributed by atoms with E-state index in [9.17, 15) is 14.7 Å². The molecule has 0 aromatic heterocycles. The number of hydrogen-bond donors (Lipinski definition) is 1. The zero-order valence-electron chi connectivity index (χ0n) is 12.3. The van der Waals surface area contributed by atoms with Gasteiger partial charge in [0.15, 0.2) is 0 Å². The van der Waals surface area contributed by atoms with Crippen LogP contribution in [0.3, 0.4) is 0 Å².